The molecule has 0 atom stereocenters. The Morgan fingerprint density at radius 3 is 2.29 bits per heavy atom. The molecule has 2 aromatic rings. The minimum absolute atomic E-state index is 0.0280. The lowest BCUT2D eigenvalue weighted by Gasteiger charge is -2.21. The molecule has 0 aromatic heterocycles. The monoisotopic (exact) mass is 326 g/mol. The number of rotatable bonds is 7. The van der Waals surface area contributed by atoms with Crippen molar-refractivity contribution in [2.45, 2.75) is 13.5 Å². The lowest BCUT2D eigenvalue weighted by atomic mass is 10.2. The van der Waals surface area contributed by atoms with Crippen molar-refractivity contribution in [3.05, 3.63) is 65.7 Å². The highest BCUT2D eigenvalue weighted by Crippen LogP contribution is 2.13. The number of carbonyl (C=O) groups excluding carboxylic acids is 2. The first-order valence-electron chi connectivity index (χ1n) is 7.82. The number of hydrogen-bond acceptors (Lipinski definition) is 3. The summed E-state index contributed by atoms with van der Waals surface area (Å²) in [4.78, 5) is 25.5. The molecule has 0 radical (unpaired) electrons. The molecule has 2 rings (SSSR count). The van der Waals surface area contributed by atoms with Crippen molar-refractivity contribution < 1.29 is 14.3 Å². The SMILES string of the molecule is COc1ccc(CN(CCNC(=O)c2ccccc2)C(C)=O)cc1. The Morgan fingerprint density at radius 1 is 1.04 bits per heavy atom. The molecule has 0 unspecified atom stereocenters. The van der Waals surface area contributed by atoms with Crippen LogP contribution in [-0.4, -0.2) is 36.9 Å². The number of carbonyl (C=O) groups is 2. The van der Waals surface area contributed by atoms with E-state index in [9.17, 15) is 9.59 Å². The van der Waals surface area contributed by atoms with E-state index in [-0.39, 0.29) is 11.8 Å². The summed E-state index contributed by atoms with van der Waals surface area (Å²) >= 11 is 0. The Morgan fingerprint density at radius 2 is 1.71 bits per heavy atom. The first kappa shape index (κ1) is 17.5. The van der Waals surface area contributed by atoms with Gasteiger partial charge in [0.15, 0.2) is 0 Å². The number of nitrogens with one attached hydrogen (secondary N) is 1. The third kappa shape index (κ3) is 5.12. The van der Waals surface area contributed by atoms with Gasteiger partial charge in [-0.15, -0.1) is 0 Å². The summed E-state index contributed by atoms with van der Waals surface area (Å²) in [5.41, 5.74) is 1.63. The summed E-state index contributed by atoms with van der Waals surface area (Å²) in [6, 6.07) is 16.6. The van der Waals surface area contributed by atoms with Crippen LogP contribution in [0.25, 0.3) is 0 Å². The lowest BCUT2D eigenvalue weighted by Crippen LogP contribution is -2.37. The molecular formula is C19H22N2O3. The second-order valence-corrected chi connectivity index (χ2v) is 5.41. The number of methoxy groups -OCH3 is 1. The second-order valence-electron chi connectivity index (χ2n) is 5.41. The van der Waals surface area contributed by atoms with Gasteiger partial charge in [-0.05, 0) is 29.8 Å². The van der Waals surface area contributed by atoms with Crippen LogP contribution in [0.4, 0.5) is 0 Å². The molecule has 5 heteroatoms. The van der Waals surface area contributed by atoms with Gasteiger partial charge in [-0.1, -0.05) is 30.3 Å². The molecule has 0 aliphatic carbocycles. The van der Waals surface area contributed by atoms with Crippen LogP contribution in [0.1, 0.15) is 22.8 Å². The fourth-order valence-electron chi connectivity index (χ4n) is 2.30. The van der Waals surface area contributed by atoms with E-state index in [0.717, 1.165) is 11.3 Å². The highest BCUT2D eigenvalue weighted by Gasteiger charge is 2.11. The fourth-order valence-corrected chi connectivity index (χ4v) is 2.30. The molecule has 0 fully saturated rings. The average molecular weight is 326 g/mol. The summed E-state index contributed by atoms with van der Waals surface area (Å²) in [5.74, 6) is 0.617. The Balaban J connectivity index is 1.87. The third-order valence-electron chi connectivity index (χ3n) is 3.68. The molecule has 1 N–H and O–H groups in total. The van der Waals surface area contributed by atoms with Crippen LogP contribution in [-0.2, 0) is 11.3 Å². The zero-order valence-corrected chi connectivity index (χ0v) is 14.0. The van der Waals surface area contributed by atoms with Crippen LogP contribution < -0.4 is 10.1 Å². The van der Waals surface area contributed by atoms with E-state index < -0.39 is 0 Å². The fraction of sp³-hybridized carbons (Fsp3) is 0.263. The predicted octanol–water partition coefficient (Wildman–Crippen LogP) is 2.47. The van der Waals surface area contributed by atoms with Gasteiger partial charge in [-0.25, -0.2) is 0 Å². The third-order valence-corrected chi connectivity index (χ3v) is 3.68. The highest BCUT2D eigenvalue weighted by molar-refractivity contribution is 5.94. The Kier molecular flexibility index (Phi) is 6.37. The largest absolute Gasteiger partial charge is 0.497 e. The first-order chi connectivity index (χ1) is 11.6. The number of amides is 2. The number of ether oxygens (including phenoxy) is 1. The topological polar surface area (TPSA) is 58.6 Å². The molecule has 0 spiro atoms. The molecule has 0 aliphatic heterocycles. The standard InChI is InChI=1S/C19H22N2O3/c1-15(22)21(14-16-8-10-18(24-2)11-9-16)13-12-20-19(23)17-6-4-3-5-7-17/h3-11H,12-14H2,1-2H3,(H,20,23). The van der Waals surface area contributed by atoms with Crippen molar-refractivity contribution in [1.29, 1.82) is 0 Å². The summed E-state index contributed by atoms with van der Waals surface area (Å²) in [7, 11) is 1.62. The highest BCUT2D eigenvalue weighted by atomic mass is 16.5. The maximum atomic E-state index is 12.0. The van der Waals surface area contributed by atoms with Crippen LogP contribution in [0, 0.1) is 0 Å². The normalized spacial score (nSPS) is 10.1. The summed E-state index contributed by atoms with van der Waals surface area (Å²) in [5, 5.41) is 2.84. The van der Waals surface area contributed by atoms with Crippen molar-refractivity contribution in [3.8, 4) is 5.75 Å². The molecule has 0 saturated carbocycles. The van der Waals surface area contributed by atoms with Crippen molar-refractivity contribution in [1.82, 2.24) is 10.2 Å². The van der Waals surface area contributed by atoms with Gasteiger partial charge >= 0.3 is 0 Å². The summed E-state index contributed by atoms with van der Waals surface area (Å²) < 4.78 is 5.13. The van der Waals surface area contributed by atoms with Gasteiger partial charge in [0.25, 0.3) is 5.91 Å². The van der Waals surface area contributed by atoms with E-state index in [2.05, 4.69) is 5.32 Å². The number of hydrogen-bond donors (Lipinski definition) is 1. The van der Waals surface area contributed by atoms with E-state index in [1.165, 1.54) is 6.92 Å². The predicted molar refractivity (Wildman–Crippen MR) is 92.9 cm³/mol. The average Bonchev–Trinajstić information content (AvgIpc) is 2.62. The van der Waals surface area contributed by atoms with Gasteiger partial charge in [0, 0.05) is 32.1 Å². The van der Waals surface area contributed by atoms with E-state index in [0.29, 0.717) is 25.2 Å². The van der Waals surface area contributed by atoms with Crippen molar-refractivity contribution >= 4 is 11.8 Å². The number of nitrogens with zero attached hydrogens (tertiary/aromatic N) is 1. The molecule has 0 saturated heterocycles. The molecule has 0 aliphatic rings. The van der Waals surface area contributed by atoms with Gasteiger partial charge in [0.05, 0.1) is 7.11 Å². The van der Waals surface area contributed by atoms with Gasteiger partial charge in [0.1, 0.15) is 5.75 Å². The van der Waals surface area contributed by atoms with E-state index in [4.69, 9.17) is 4.74 Å². The van der Waals surface area contributed by atoms with Gasteiger partial charge < -0.3 is 15.0 Å². The van der Waals surface area contributed by atoms with Crippen LogP contribution in [0.5, 0.6) is 5.75 Å². The van der Waals surface area contributed by atoms with Crippen LogP contribution in [0.15, 0.2) is 54.6 Å². The van der Waals surface area contributed by atoms with E-state index in [1.54, 1.807) is 24.1 Å². The van der Waals surface area contributed by atoms with Crippen molar-refractivity contribution in [3.63, 3.8) is 0 Å². The van der Waals surface area contributed by atoms with Crippen LogP contribution in [0.3, 0.4) is 0 Å². The zero-order chi connectivity index (χ0) is 17.4. The van der Waals surface area contributed by atoms with E-state index >= 15 is 0 Å². The zero-order valence-electron chi connectivity index (χ0n) is 14.0. The maximum absolute atomic E-state index is 12.0. The van der Waals surface area contributed by atoms with E-state index in [1.807, 2.05) is 42.5 Å². The minimum atomic E-state index is -0.136. The van der Waals surface area contributed by atoms with Crippen LogP contribution >= 0.6 is 0 Å². The Hall–Kier alpha value is -2.82. The molecule has 24 heavy (non-hydrogen) atoms. The summed E-state index contributed by atoms with van der Waals surface area (Å²) in [6.45, 7) is 2.90. The first-order valence-corrected chi connectivity index (χ1v) is 7.82. The Bertz CT molecular complexity index is 669. The minimum Gasteiger partial charge on any atom is -0.497 e. The van der Waals surface area contributed by atoms with Gasteiger partial charge in [-0.2, -0.15) is 0 Å². The molecule has 2 amide bonds. The molecule has 5 nitrogen and oxygen atoms in total. The Labute approximate surface area is 142 Å². The maximum Gasteiger partial charge on any atom is 0.251 e. The number of benzene rings is 2. The molecular weight excluding hydrogens is 304 g/mol. The molecule has 2 aromatic carbocycles. The smallest absolute Gasteiger partial charge is 0.251 e. The van der Waals surface area contributed by atoms with Gasteiger partial charge in [0.2, 0.25) is 5.91 Å². The molecule has 126 valence electrons. The molecule has 0 bridgehead atoms. The lowest BCUT2D eigenvalue weighted by molar-refractivity contribution is -0.129. The molecule has 0 heterocycles. The van der Waals surface area contributed by atoms with Crippen LogP contribution in [0.2, 0.25) is 0 Å². The van der Waals surface area contributed by atoms with Crippen molar-refractivity contribution in [2.24, 2.45) is 0 Å². The quantitative estimate of drug-likeness (QED) is 0.850. The summed E-state index contributed by atoms with van der Waals surface area (Å²) in [6.07, 6.45) is 0. The van der Waals surface area contributed by atoms with Crippen molar-refractivity contribution in [2.75, 3.05) is 20.2 Å². The second kappa shape index (κ2) is 8.72. The van der Waals surface area contributed by atoms with Gasteiger partial charge in [-0.3, -0.25) is 9.59 Å².